The molecule has 0 bridgehead atoms. The molecule has 0 atom stereocenters. The Morgan fingerprint density at radius 2 is 2.18 bits per heavy atom. The van der Waals surface area contributed by atoms with E-state index in [0.29, 0.717) is 12.5 Å². The van der Waals surface area contributed by atoms with Gasteiger partial charge in [0.05, 0.1) is 11.2 Å². The van der Waals surface area contributed by atoms with E-state index in [0.717, 1.165) is 16.6 Å². The van der Waals surface area contributed by atoms with Crippen LogP contribution in [0.1, 0.15) is 6.92 Å². The molecule has 2 aromatic rings. The number of aliphatic imine (C=N–C) groups is 1. The molecule has 0 aliphatic rings. The van der Waals surface area contributed by atoms with Crippen LogP contribution in [0.5, 0.6) is 0 Å². The Bertz CT molecular complexity index is 530. The van der Waals surface area contributed by atoms with Crippen LogP contribution < -0.4 is 16.6 Å². The first-order valence-electron chi connectivity index (χ1n) is 5.47. The highest BCUT2D eigenvalue weighted by Gasteiger charge is 2.03. The Hall–Kier alpha value is -2.14. The zero-order valence-corrected chi connectivity index (χ0v) is 9.64. The van der Waals surface area contributed by atoms with Gasteiger partial charge in [-0.3, -0.25) is 15.4 Å². The largest absolute Gasteiger partial charge is 0.323 e. The number of hydrogen-bond acceptors (Lipinski definition) is 3. The number of rotatable bonds is 2. The van der Waals surface area contributed by atoms with Gasteiger partial charge >= 0.3 is 0 Å². The maximum atomic E-state index is 5.39. The van der Waals surface area contributed by atoms with E-state index in [1.165, 1.54) is 0 Å². The average Bonchev–Trinajstić information content (AvgIpc) is 2.38. The first-order valence-corrected chi connectivity index (χ1v) is 5.47. The molecule has 5 nitrogen and oxygen atoms in total. The van der Waals surface area contributed by atoms with Crippen LogP contribution in [0.4, 0.5) is 5.69 Å². The number of anilines is 1. The van der Waals surface area contributed by atoms with E-state index in [-0.39, 0.29) is 0 Å². The summed E-state index contributed by atoms with van der Waals surface area (Å²) >= 11 is 0. The summed E-state index contributed by atoms with van der Waals surface area (Å²) in [6.07, 6.45) is 1.76. The molecule has 1 heterocycles. The van der Waals surface area contributed by atoms with Gasteiger partial charge in [-0.1, -0.05) is 18.2 Å². The molecule has 17 heavy (non-hydrogen) atoms. The van der Waals surface area contributed by atoms with Crippen LogP contribution >= 0.6 is 0 Å². The number of guanidine groups is 1. The van der Waals surface area contributed by atoms with Crippen molar-refractivity contribution >= 4 is 22.5 Å². The van der Waals surface area contributed by atoms with E-state index in [2.05, 4.69) is 20.7 Å². The van der Waals surface area contributed by atoms with Gasteiger partial charge in [0.15, 0.2) is 0 Å². The number of nitrogens with one attached hydrogen (secondary N) is 2. The number of hydrogen-bond donors (Lipinski definition) is 3. The van der Waals surface area contributed by atoms with Gasteiger partial charge in [-0.2, -0.15) is 0 Å². The van der Waals surface area contributed by atoms with Crippen molar-refractivity contribution < 1.29 is 0 Å². The first-order chi connectivity index (χ1) is 8.35. The molecule has 0 amide bonds. The second kappa shape index (κ2) is 5.27. The highest BCUT2D eigenvalue weighted by atomic mass is 15.3. The lowest BCUT2D eigenvalue weighted by Crippen LogP contribution is -2.36. The number of pyridine rings is 1. The Balaban J connectivity index is 2.39. The van der Waals surface area contributed by atoms with Crippen LogP contribution in [-0.4, -0.2) is 17.5 Å². The highest BCUT2D eigenvalue weighted by Crippen LogP contribution is 2.20. The Labute approximate surface area is 99.7 Å². The second-order valence-corrected chi connectivity index (χ2v) is 3.47. The zero-order valence-electron chi connectivity index (χ0n) is 9.64. The zero-order chi connectivity index (χ0) is 12.1. The van der Waals surface area contributed by atoms with Gasteiger partial charge in [-0.05, 0) is 19.1 Å². The van der Waals surface area contributed by atoms with Gasteiger partial charge in [0.1, 0.15) is 0 Å². The monoisotopic (exact) mass is 229 g/mol. The SMILES string of the molecule is CCN=C(NN)Nc1cccc2cccnc12. The number of aromatic nitrogens is 1. The minimum Gasteiger partial charge on any atom is -0.323 e. The molecule has 1 aromatic carbocycles. The fourth-order valence-corrected chi connectivity index (χ4v) is 1.61. The summed E-state index contributed by atoms with van der Waals surface area (Å²) < 4.78 is 0. The summed E-state index contributed by atoms with van der Waals surface area (Å²) in [5.41, 5.74) is 4.31. The van der Waals surface area contributed by atoms with Crippen molar-refractivity contribution in [2.45, 2.75) is 6.92 Å². The quantitative estimate of drug-likeness (QED) is 0.315. The lowest BCUT2D eigenvalue weighted by Gasteiger charge is -2.10. The van der Waals surface area contributed by atoms with Gasteiger partial charge in [-0.25, -0.2) is 5.84 Å². The average molecular weight is 229 g/mol. The predicted molar refractivity (Wildman–Crippen MR) is 70.7 cm³/mol. The molecule has 0 spiro atoms. The molecule has 0 saturated heterocycles. The Kier molecular flexibility index (Phi) is 3.52. The van der Waals surface area contributed by atoms with Crippen molar-refractivity contribution in [2.24, 2.45) is 10.8 Å². The third-order valence-electron chi connectivity index (χ3n) is 2.34. The predicted octanol–water partition coefficient (Wildman–Crippen LogP) is 1.49. The number of benzene rings is 1. The first kappa shape index (κ1) is 11.3. The maximum Gasteiger partial charge on any atom is 0.210 e. The van der Waals surface area contributed by atoms with Crippen molar-refractivity contribution in [3.8, 4) is 0 Å². The van der Waals surface area contributed by atoms with Crippen LogP contribution in [0.15, 0.2) is 41.5 Å². The molecule has 0 aliphatic carbocycles. The van der Waals surface area contributed by atoms with Crippen LogP contribution in [0.25, 0.3) is 10.9 Å². The molecule has 0 saturated carbocycles. The van der Waals surface area contributed by atoms with Crippen molar-refractivity contribution in [3.63, 3.8) is 0 Å². The van der Waals surface area contributed by atoms with E-state index in [4.69, 9.17) is 5.84 Å². The lowest BCUT2D eigenvalue weighted by atomic mass is 10.2. The third-order valence-corrected chi connectivity index (χ3v) is 2.34. The van der Waals surface area contributed by atoms with Crippen LogP contribution in [0.3, 0.4) is 0 Å². The molecule has 2 rings (SSSR count). The van der Waals surface area contributed by atoms with E-state index in [9.17, 15) is 0 Å². The number of nitrogens with two attached hydrogens (primary N) is 1. The topological polar surface area (TPSA) is 75.3 Å². The number of para-hydroxylation sites is 1. The molecule has 5 heteroatoms. The maximum absolute atomic E-state index is 5.39. The van der Waals surface area contributed by atoms with E-state index >= 15 is 0 Å². The lowest BCUT2D eigenvalue weighted by molar-refractivity contribution is 0.986. The summed E-state index contributed by atoms with van der Waals surface area (Å²) in [6, 6.07) is 9.85. The number of hydrazine groups is 1. The summed E-state index contributed by atoms with van der Waals surface area (Å²) in [7, 11) is 0. The molecule has 1 aromatic heterocycles. The molecule has 0 fully saturated rings. The summed E-state index contributed by atoms with van der Waals surface area (Å²) in [5, 5.41) is 4.20. The molecule has 4 N–H and O–H groups in total. The van der Waals surface area contributed by atoms with Crippen LogP contribution in [0, 0.1) is 0 Å². The Morgan fingerprint density at radius 1 is 1.35 bits per heavy atom. The van der Waals surface area contributed by atoms with Gasteiger partial charge in [0, 0.05) is 18.1 Å². The molecule has 88 valence electrons. The second-order valence-electron chi connectivity index (χ2n) is 3.47. The van der Waals surface area contributed by atoms with Crippen LogP contribution in [0.2, 0.25) is 0 Å². The fraction of sp³-hybridized carbons (Fsp3) is 0.167. The fourth-order valence-electron chi connectivity index (χ4n) is 1.61. The molecule has 0 radical (unpaired) electrons. The summed E-state index contributed by atoms with van der Waals surface area (Å²) in [4.78, 5) is 8.53. The smallest absolute Gasteiger partial charge is 0.210 e. The van der Waals surface area contributed by atoms with Gasteiger partial charge in [0.2, 0.25) is 5.96 Å². The van der Waals surface area contributed by atoms with E-state index < -0.39 is 0 Å². The van der Waals surface area contributed by atoms with E-state index in [1.807, 2.05) is 37.3 Å². The van der Waals surface area contributed by atoms with Gasteiger partial charge in [-0.15, -0.1) is 0 Å². The molecule has 0 aliphatic heterocycles. The number of nitrogens with zero attached hydrogens (tertiary/aromatic N) is 2. The van der Waals surface area contributed by atoms with Crippen molar-refractivity contribution in [1.29, 1.82) is 0 Å². The summed E-state index contributed by atoms with van der Waals surface area (Å²) in [6.45, 7) is 2.60. The molecular formula is C12H15N5. The van der Waals surface area contributed by atoms with E-state index in [1.54, 1.807) is 6.20 Å². The third kappa shape index (κ3) is 2.51. The van der Waals surface area contributed by atoms with Crippen LogP contribution in [-0.2, 0) is 0 Å². The van der Waals surface area contributed by atoms with Gasteiger partial charge < -0.3 is 5.32 Å². The van der Waals surface area contributed by atoms with Crippen molar-refractivity contribution in [1.82, 2.24) is 10.4 Å². The Morgan fingerprint density at radius 3 is 2.94 bits per heavy atom. The van der Waals surface area contributed by atoms with Crippen molar-refractivity contribution in [3.05, 3.63) is 36.5 Å². The number of fused-ring (bicyclic) bond motifs is 1. The molecule has 0 unspecified atom stereocenters. The minimum absolute atomic E-state index is 0.533. The minimum atomic E-state index is 0.533. The normalized spacial score (nSPS) is 11.5. The van der Waals surface area contributed by atoms with Crippen molar-refractivity contribution in [2.75, 3.05) is 11.9 Å². The summed E-state index contributed by atoms with van der Waals surface area (Å²) in [5.74, 6) is 5.92. The van der Waals surface area contributed by atoms with Gasteiger partial charge in [0.25, 0.3) is 0 Å². The standard InChI is InChI=1S/C12H15N5/c1-2-14-12(17-13)16-10-7-3-5-9-6-4-8-15-11(9)10/h3-8H,2,13H2,1H3,(H2,14,16,17). The highest BCUT2D eigenvalue weighted by molar-refractivity contribution is 6.01. The molecular weight excluding hydrogens is 214 g/mol.